The van der Waals surface area contributed by atoms with Crippen LogP contribution in [0.4, 0.5) is 0 Å². The van der Waals surface area contributed by atoms with Gasteiger partial charge in [-0.2, -0.15) is 5.10 Å². The smallest absolute Gasteiger partial charge is 0.329 e. The van der Waals surface area contributed by atoms with Crippen molar-refractivity contribution >= 4 is 11.9 Å². The molecule has 1 amide bonds. The van der Waals surface area contributed by atoms with Crippen LogP contribution in [-0.2, 0) is 9.53 Å². The SMILES string of the molecule is CC(C)(C)OC(=O)[C@@H]1CCCN1C(=O)c1ccc(=O)[nH]n1. The highest BCUT2D eigenvalue weighted by Gasteiger charge is 2.37. The van der Waals surface area contributed by atoms with Crippen LogP contribution >= 0.6 is 0 Å². The monoisotopic (exact) mass is 293 g/mol. The third-order valence-electron chi connectivity index (χ3n) is 3.09. The summed E-state index contributed by atoms with van der Waals surface area (Å²) in [6.07, 6.45) is 1.31. The van der Waals surface area contributed by atoms with Gasteiger partial charge in [0, 0.05) is 12.6 Å². The number of aromatic nitrogens is 2. The van der Waals surface area contributed by atoms with Gasteiger partial charge in [-0.15, -0.1) is 0 Å². The van der Waals surface area contributed by atoms with Crippen LogP contribution in [0.2, 0.25) is 0 Å². The number of ether oxygens (including phenoxy) is 1. The summed E-state index contributed by atoms with van der Waals surface area (Å²) in [5.74, 6) is -0.780. The van der Waals surface area contributed by atoms with Gasteiger partial charge in [-0.25, -0.2) is 9.89 Å². The van der Waals surface area contributed by atoms with E-state index in [1.54, 1.807) is 20.8 Å². The fourth-order valence-electron chi connectivity index (χ4n) is 2.24. The minimum Gasteiger partial charge on any atom is -0.458 e. The van der Waals surface area contributed by atoms with E-state index in [1.807, 2.05) is 0 Å². The van der Waals surface area contributed by atoms with Crippen LogP contribution in [0.5, 0.6) is 0 Å². The Bertz CT molecular complexity index is 582. The molecule has 1 aliphatic rings. The maximum atomic E-state index is 12.4. The molecule has 0 unspecified atom stereocenters. The molecule has 7 nitrogen and oxygen atoms in total. The Labute approximate surface area is 122 Å². The molecule has 1 saturated heterocycles. The van der Waals surface area contributed by atoms with Crippen molar-refractivity contribution in [1.29, 1.82) is 0 Å². The van der Waals surface area contributed by atoms with Gasteiger partial charge in [0.2, 0.25) is 0 Å². The second-order valence-electron chi connectivity index (χ2n) is 6.00. The normalized spacial score (nSPS) is 18.6. The molecule has 0 radical (unpaired) electrons. The summed E-state index contributed by atoms with van der Waals surface area (Å²) in [6.45, 7) is 5.84. The number of H-pyrrole nitrogens is 1. The Morgan fingerprint density at radius 2 is 2.10 bits per heavy atom. The number of carbonyl (C=O) groups excluding carboxylic acids is 2. The van der Waals surface area contributed by atoms with E-state index in [9.17, 15) is 14.4 Å². The lowest BCUT2D eigenvalue weighted by molar-refractivity contribution is -0.159. The number of amides is 1. The van der Waals surface area contributed by atoms with Crippen LogP contribution in [0.15, 0.2) is 16.9 Å². The molecule has 0 bridgehead atoms. The first-order valence-electron chi connectivity index (χ1n) is 6.87. The van der Waals surface area contributed by atoms with Gasteiger partial charge >= 0.3 is 5.97 Å². The number of hydrogen-bond donors (Lipinski definition) is 1. The van der Waals surface area contributed by atoms with Gasteiger partial charge in [0.25, 0.3) is 11.5 Å². The van der Waals surface area contributed by atoms with Gasteiger partial charge in [0.1, 0.15) is 17.3 Å². The van der Waals surface area contributed by atoms with Crippen molar-refractivity contribution in [3.05, 3.63) is 28.2 Å². The van der Waals surface area contributed by atoms with Crippen molar-refractivity contribution in [2.75, 3.05) is 6.54 Å². The molecule has 0 saturated carbocycles. The molecule has 114 valence electrons. The predicted molar refractivity (Wildman–Crippen MR) is 74.8 cm³/mol. The molecule has 2 heterocycles. The lowest BCUT2D eigenvalue weighted by Crippen LogP contribution is -2.44. The van der Waals surface area contributed by atoms with Crippen LogP contribution in [-0.4, -0.2) is 45.2 Å². The zero-order chi connectivity index (χ0) is 15.6. The van der Waals surface area contributed by atoms with E-state index >= 15 is 0 Å². The Balaban J connectivity index is 2.14. The molecule has 2 rings (SSSR count). The largest absolute Gasteiger partial charge is 0.458 e. The first-order valence-corrected chi connectivity index (χ1v) is 6.87. The minimum absolute atomic E-state index is 0.116. The number of hydrogen-bond acceptors (Lipinski definition) is 5. The van der Waals surface area contributed by atoms with Gasteiger partial charge in [-0.3, -0.25) is 9.59 Å². The van der Waals surface area contributed by atoms with Crippen molar-refractivity contribution in [2.24, 2.45) is 0 Å². The number of rotatable bonds is 2. The van der Waals surface area contributed by atoms with Gasteiger partial charge in [0.05, 0.1) is 0 Å². The van der Waals surface area contributed by atoms with Gasteiger partial charge in [0.15, 0.2) is 0 Å². The molecule has 7 heteroatoms. The van der Waals surface area contributed by atoms with Crippen LogP contribution in [0.1, 0.15) is 44.1 Å². The second kappa shape index (κ2) is 5.67. The van der Waals surface area contributed by atoms with E-state index < -0.39 is 17.6 Å². The Hall–Kier alpha value is -2.18. The Kier molecular flexibility index (Phi) is 4.11. The van der Waals surface area contributed by atoms with Crippen LogP contribution in [0.25, 0.3) is 0 Å². The number of esters is 1. The molecular formula is C14H19N3O4. The van der Waals surface area contributed by atoms with Crippen molar-refractivity contribution in [2.45, 2.75) is 45.3 Å². The maximum Gasteiger partial charge on any atom is 0.329 e. The number of carbonyl (C=O) groups is 2. The lowest BCUT2D eigenvalue weighted by Gasteiger charge is -2.27. The summed E-state index contributed by atoms with van der Waals surface area (Å²) in [7, 11) is 0. The summed E-state index contributed by atoms with van der Waals surface area (Å²) in [5.41, 5.74) is -0.855. The number of likely N-dealkylation sites (tertiary alicyclic amines) is 1. The number of aromatic amines is 1. The molecule has 1 aromatic heterocycles. The van der Waals surface area contributed by atoms with Crippen LogP contribution in [0, 0.1) is 0 Å². The molecule has 0 aromatic carbocycles. The van der Waals surface area contributed by atoms with E-state index in [4.69, 9.17) is 4.74 Å². The average molecular weight is 293 g/mol. The summed E-state index contributed by atoms with van der Waals surface area (Å²) in [6, 6.07) is 2.00. The van der Waals surface area contributed by atoms with Crippen molar-refractivity contribution in [1.82, 2.24) is 15.1 Å². The van der Waals surface area contributed by atoms with Crippen LogP contribution in [0.3, 0.4) is 0 Å². The van der Waals surface area contributed by atoms with E-state index in [2.05, 4.69) is 10.2 Å². The summed E-state index contributed by atoms with van der Waals surface area (Å²) >= 11 is 0. The fraction of sp³-hybridized carbons (Fsp3) is 0.571. The summed E-state index contributed by atoms with van der Waals surface area (Å²) in [5, 5.41) is 5.93. The van der Waals surface area contributed by atoms with Crippen molar-refractivity contribution in [3.8, 4) is 0 Å². The molecule has 0 aliphatic carbocycles. The highest BCUT2D eigenvalue weighted by Crippen LogP contribution is 2.22. The molecule has 1 aliphatic heterocycles. The second-order valence-corrected chi connectivity index (χ2v) is 6.00. The third kappa shape index (κ3) is 3.68. The molecule has 1 N–H and O–H groups in total. The maximum absolute atomic E-state index is 12.4. The number of nitrogens with zero attached hydrogens (tertiary/aromatic N) is 2. The van der Waals surface area contributed by atoms with Crippen molar-refractivity contribution < 1.29 is 14.3 Å². The zero-order valence-corrected chi connectivity index (χ0v) is 12.4. The molecule has 1 aromatic rings. The predicted octanol–water partition coefficient (Wildman–Crippen LogP) is 0.716. The first kappa shape index (κ1) is 15.2. The molecular weight excluding hydrogens is 274 g/mol. The number of nitrogens with one attached hydrogen (secondary N) is 1. The van der Waals surface area contributed by atoms with Crippen LogP contribution < -0.4 is 5.56 Å². The van der Waals surface area contributed by atoms with Crippen molar-refractivity contribution in [3.63, 3.8) is 0 Å². The van der Waals surface area contributed by atoms with E-state index in [-0.39, 0.29) is 17.2 Å². The minimum atomic E-state index is -0.593. The highest BCUT2D eigenvalue weighted by molar-refractivity contribution is 5.95. The fourth-order valence-corrected chi connectivity index (χ4v) is 2.24. The van der Waals surface area contributed by atoms with E-state index in [0.29, 0.717) is 13.0 Å². The Morgan fingerprint density at radius 3 is 2.67 bits per heavy atom. The average Bonchev–Trinajstić information content (AvgIpc) is 2.86. The van der Waals surface area contributed by atoms with E-state index in [1.165, 1.54) is 17.0 Å². The van der Waals surface area contributed by atoms with Gasteiger partial charge in [-0.05, 0) is 39.7 Å². The van der Waals surface area contributed by atoms with Gasteiger partial charge < -0.3 is 9.64 Å². The third-order valence-corrected chi connectivity index (χ3v) is 3.09. The summed E-state index contributed by atoms with van der Waals surface area (Å²) in [4.78, 5) is 37.0. The quantitative estimate of drug-likeness (QED) is 0.811. The first-order chi connectivity index (χ1) is 9.78. The molecule has 1 atom stereocenters. The standard InChI is InChI=1S/C14H19N3O4/c1-14(2,3)21-13(20)10-5-4-8-17(10)12(19)9-6-7-11(18)16-15-9/h6-7,10H,4-5,8H2,1-3H3,(H,16,18)/t10-/m0/s1. The molecule has 21 heavy (non-hydrogen) atoms. The molecule has 1 fully saturated rings. The Morgan fingerprint density at radius 1 is 1.38 bits per heavy atom. The summed E-state index contributed by atoms with van der Waals surface area (Å²) < 4.78 is 5.35. The van der Waals surface area contributed by atoms with E-state index in [0.717, 1.165) is 6.42 Å². The molecule has 0 spiro atoms. The van der Waals surface area contributed by atoms with Gasteiger partial charge in [-0.1, -0.05) is 0 Å². The highest BCUT2D eigenvalue weighted by atomic mass is 16.6. The lowest BCUT2D eigenvalue weighted by atomic mass is 10.1. The zero-order valence-electron chi connectivity index (χ0n) is 12.4. The topological polar surface area (TPSA) is 92.4 Å².